The second kappa shape index (κ2) is 9.17. The summed E-state index contributed by atoms with van der Waals surface area (Å²) in [6, 6.07) is 9.96. The standard InChI is InChI=1S/C18H24N2O4/c1-14(15-6-3-2-4-7-15)24-13-5-11-19-16(21)10-12-20-17(22)8-9-18(20)23/h2-4,6-7,14H,5,8-13H2,1H3,(H,19,21)/t14-/m0/s1. The molecule has 6 heteroatoms. The maximum Gasteiger partial charge on any atom is 0.229 e. The highest BCUT2D eigenvalue weighted by molar-refractivity contribution is 6.02. The van der Waals surface area contributed by atoms with Crippen molar-refractivity contribution in [3.8, 4) is 0 Å². The van der Waals surface area contributed by atoms with Gasteiger partial charge in [-0.2, -0.15) is 0 Å². The lowest BCUT2D eigenvalue weighted by Crippen LogP contribution is -2.34. The third kappa shape index (κ3) is 5.45. The van der Waals surface area contributed by atoms with Gasteiger partial charge in [0, 0.05) is 39.0 Å². The molecule has 1 atom stereocenters. The van der Waals surface area contributed by atoms with Gasteiger partial charge in [-0.05, 0) is 18.9 Å². The Kier molecular flexibility index (Phi) is 6.93. The van der Waals surface area contributed by atoms with Crippen molar-refractivity contribution < 1.29 is 19.1 Å². The van der Waals surface area contributed by atoms with Gasteiger partial charge in [0.15, 0.2) is 0 Å². The maximum absolute atomic E-state index is 11.7. The van der Waals surface area contributed by atoms with Crippen molar-refractivity contribution in [2.75, 3.05) is 19.7 Å². The largest absolute Gasteiger partial charge is 0.374 e. The van der Waals surface area contributed by atoms with E-state index < -0.39 is 0 Å². The van der Waals surface area contributed by atoms with Gasteiger partial charge in [-0.25, -0.2) is 0 Å². The third-order valence-corrected chi connectivity index (χ3v) is 4.00. The van der Waals surface area contributed by atoms with Crippen molar-refractivity contribution >= 4 is 17.7 Å². The summed E-state index contributed by atoms with van der Waals surface area (Å²) in [5.41, 5.74) is 1.13. The van der Waals surface area contributed by atoms with Crippen molar-refractivity contribution in [3.05, 3.63) is 35.9 Å². The van der Waals surface area contributed by atoms with E-state index in [4.69, 9.17) is 4.74 Å². The van der Waals surface area contributed by atoms with Gasteiger partial charge in [-0.15, -0.1) is 0 Å². The Morgan fingerprint density at radius 2 is 1.88 bits per heavy atom. The second-order valence-electron chi connectivity index (χ2n) is 5.82. The van der Waals surface area contributed by atoms with Crippen LogP contribution in [0.4, 0.5) is 0 Å². The van der Waals surface area contributed by atoms with E-state index in [1.54, 1.807) is 0 Å². The van der Waals surface area contributed by atoms with Crippen LogP contribution in [0.1, 0.15) is 44.3 Å². The normalized spacial score (nSPS) is 15.6. The van der Waals surface area contributed by atoms with Gasteiger partial charge in [0.05, 0.1) is 6.10 Å². The van der Waals surface area contributed by atoms with E-state index in [0.717, 1.165) is 5.56 Å². The Hall–Kier alpha value is -2.21. The summed E-state index contributed by atoms with van der Waals surface area (Å²) in [6.07, 6.45) is 1.41. The van der Waals surface area contributed by atoms with Crippen LogP contribution >= 0.6 is 0 Å². The zero-order chi connectivity index (χ0) is 17.4. The van der Waals surface area contributed by atoms with Crippen LogP contribution in [0.25, 0.3) is 0 Å². The molecule has 24 heavy (non-hydrogen) atoms. The fraction of sp³-hybridized carbons (Fsp3) is 0.500. The van der Waals surface area contributed by atoms with E-state index in [-0.39, 0.29) is 49.6 Å². The summed E-state index contributed by atoms with van der Waals surface area (Å²) in [4.78, 5) is 35.8. The molecule has 0 bridgehead atoms. The lowest BCUT2D eigenvalue weighted by atomic mass is 10.1. The molecule has 1 N–H and O–H groups in total. The number of carbonyl (C=O) groups is 3. The van der Waals surface area contributed by atoms with Gasteiger partial charge in [0.2, 0.25) is 17.7 Å². The molecule has 1 aliphatic rings. The smallest absolute Gasteiger partial charge is 0.229 e. The molecule has 1 aromatic carbocycles. The lowest BCUT2D eigenvalue weighted by molar-refractivity contribution is -0.138. The molecule has 0 aromatic heterocycles. The van der Waals surface area contributed by atoms with E-state index in [2.05, 4.69) is 5.32 Å². The van der Waals surface area contributed by atoms with Crippen LogP contribution < -0.4 is 5.32 Å². The number of hydrogen-bond donors (Lipinski definition) is 1. The second-order valence-corrected chi connectivity index (χ2v) is 5.82. The number of ether oxygens (including phenoxy) is 1. The number of likely N-dealkylation sites (tertiary alicyclic amines) is 1. The summed E-state index contributed by atoms with van der Waals surface area (Å²) in [6.45, 7) is 3.24. The fourth-order valence-corrected chi connectivity index (χ4v) is 2.55. The monoisotopic (exact) mass is 332 g/mol. The molecule has 0 saturated carbocycles. The zero-order valence-electron chi connectivity index (χ0n) is 14.0. The molecule has 0 radical (unpaired) electrons. The molecular weight excluding hydrogens is 308 g/mol. The zero-order valence-corrected chi connectivity index (χ0v) is 14.0. The fourth-order valence-electron chi connectivity index (χ4n) is 2.55. The van der Waals surface area contributed by atoms with Gasteiger partial charge >= 0.3 is 0 Å². The minimum Gasteiger partial charge on any atom is -0.374 e. The number of benzene rings is 1. The van der Waals surface area contributed by atoms with Crippen molar-refractivity contribution in [2.45, 2.75) is 38.7 Å². The number of imide groups is 1. The molecule has 0 aliphatic carbocycles. The first kappa shape index (κ1) is 18.1. The predicted molar refractivity (Wildman–Crippen MR) is 89.0 cm³/mol. The first-order chi connectivity index (χ1) is 11.6. The van der Waals surface area contributed by atoms with E-state index >= 15 is 0 Å². The van der Waals surface area contributed by atoms with Gasteiger partial charge in [0.1, 0.15) is 0 Å². The predicted octanol–water partition coefficient (Wildman–Crippen LogP) is 1.81. The molecule has 3 amide bonds. The maximum atomic E-state index is 11.7. The van der Waals surface area contributed by atoms with E-state index in [1.165, 1.54) is 4.90 Å². The van der Waals surface area contributed by atoms with Gasteiger partial charge in [-0.1, -0.05) is 30.3 Å². The van der Waals surface area contributed by atoms with E-state index in [9.17, 15) is 14.4 Å². The van der Waals surface area contributed by atoms with Crippen molar-refractivity contribution in [1.82, 2.24) is 10.2 Å². The number of nitrogens with zero attached hydrogens (tertiary/aromatic N) is 1. The highest BCUT2D eigenvalue weighted by Gasteiger charge is 2.28. The molecule has 1 aliphatic heterocycles. The van der Waals surface area contributed by atoms with Crippen LogP contribution in [-0.4, -0.2) is 42.3 Å². The Balaban J connectivity index is 1.55. The quantitative estimate of drug-likeness (QED) is 0.553. The average molecular weight is 332 g/mol. The summed E-state index contributed by atoms with van der Waals surface area (Å²) < 4.78 is 5.73. The summed E-state index contributed by atoms with van der Waals surface area (Å²) >= 11 is 0. The van der Waals surface area contributed by atoms with Crippen LogP contribution in [-0.2, 0) is 19.1 Å². The number of nitrogens with one attached hydrogen (secondary N) is 1. The van der Waals surface area contributed by atoms with Crippen LogP contribution in [0.3, 0.4) is 0 Å². The molecule has 1 saturated heterocycles. The van der Waals surface area contributed by atoms with Crippen LogP contribution in [0.15, 0.2) is 30.3 Å². The van der Waals surface area contributed by atoms with Gasteiger partial charge in [0.25, 0.3) is 0 Å². The SMILES string of the molecule is C[C@H](OCCCNC(=O)CCN1C(=O)CCC1=O)c1ccccc1. The highest BCUT2D eigenvalue weighted by Crippen LogP contribution is 2.15. The summed E-state index contributed by atoms with van der Waals surface area (Å²) in [5.74, 6) is -0.522. The van der Waals surface area contributed by atoms with E-state index in [0.29, 0.717) is 19.6 Å². The number of carbonyl (C=O) groups excluding carboxylic acids is 3. The van der Waals surface area contributed by atoms with Crippen molar-refractivity contribution in [2.24, 2.45) is 0 Å². The molecule has 0 unspecified atom stereocenters. The summed E-state index contributed by atoms with van der Waals surface area (Å²) in [5, 5.41) is 2.78. The van der Waals surface area contributed by atoms with Crippen LogP contribution in [0.5, 0.6) is 0 Å². The number of rotatable bonds is 9. The minimum absolute atomic E-state index is 0.0223. The van der Waals surface area contributed by atoms with Gasteiger partial charge < -0.3 is 10.1 Å². The Morgan fingerprint density at radius 1 is 1.21 bits per heavy atom. The van der Waals surface area contributed by atoms with Crippen LogP contribution in [0.2, 0.25) is 0 Å². The van der Waals surface area contributed by atoms with E-state index in [1.807, 2.05) is 37.3 Å². The molecule has 6 nitrogen and oxygen atoms in total. The summed E-state index contributed by atoms with van der Waals surface area (Å²) in [7, 11) is 0. The average Bonchev–Trinajstić information content (AvgIpc) is 2.91. The Labute approximate surface area is 142 Å². The number of amides is 3. The van der Waals surface area contributed by atoms with Crippen molar-refractivity contribution in [1.29, 1.82) is 0 Å². The minimum atomic E-state index is -0.184. The Bertz CT molecular complexity index is 558. The number of hydrogen-bond acceptors (Lipinski definition) is 4. The Morgan fingerprint density at radius 3 is 2.54 bits per heavy atom. The lowest BCUT2D eigenvalue weighted by Gasteiger charge is -2.14. The third-order valence-electron chi connectivity index (χ3n) is 4.00. The molecule has 1 heterocycles. The molecule has 130 valence electrons. The molecular formula is C18H24N2O4. The van der Waals surface area contributed by atoms with Crippen LogP contribution in [0, 0.1) is 0 Å². The molecule has 2 rings (SSSR count). The molecule has 0 spiro atoms. The van der Waals surface area contributed by atoms with Gasteiger partial charge in [-0.3, -0.25) is 19.3 Å². The highest BCUT2D eigenvalue weighted by atomic mass is 16.5. The van der Waals surface area contributed by atoms with Crippen molar-refractivity contribution in [3.63, 3.8) is 0 Å². The first-order valence-corrected chi connectivity index (χ1v) is 8.34. The molecule has 1 aromatic rings. The molecule has 1 fully saturated rings. The topological polar surface area (TPSA) is 75.7 Å². The first-order valence-electron chi connectivity index (χ1n) is 8.34.